The normalized spacial score (nSPS) is 13.8. The van der Waals surface area contributed by atoms with Crippen LogP contribution in [-0.4, -0.2) is 31.8 Å². The number of carbonyl (C=O) groups is 1. The summed E-state index contributed by atoms with van der Waals surface area (Å²) >= 11 is 1.64. The largest absolute Gasteiger partial charge is 0.332 e. The van der Waals surface area contributed by atoms with Crippen molar-refractivity contribution in [3.8, 4) is 16.9 Å². The number of fused-ring (bicyclic) bond motifs is 1. The summed E-state index contributed by atoms with van der Waals surface area (Å²) in [7, 11) is 0. The third kappa shape index (κ3) is 2.26. The minimum atomic E-state index is 0.116. The van der Waals surface area contributed by atoms with Crippen LogP contribution in [-0.2, 0) is 6.54 Å². The number of thiophene rings is 1. The monoisotopic (exact) mass is 338 g/mol. The fourth-order valence-electron chi connectivity index (χ4n) is 3.13. The third-order valence-corrected chi connectivity index (χ3v) is 5.15. The second kappa shape index (κ2) is 5.56. The molecule has 24 heavy (non-hydrogen) atoms. The van der Waals surface area contributed by atoms with Gasteiger partial charge < -0.3 is 4.90 Å². The number of benzene rings is 1. The summed E-state index contributed by atoms with van der Waals surface area (Å²) in [6, 6.07) is 8.19. The molecular weight excluding hydrogens is 320 g/mol. The van der Waals surface area contributed by atoms with Gasteiger partial charge in [-0.25, -0.2) is 4.68 Å². The molecule has 1 aromatic carbocycles. The van der Waals surface area contributed by atoms with E-state index >= 15 is 0 Å². The molecule has 0 atom stereocenters. The lowest BCUT2D eigenvalue weighted by atomic mass is 10.0. The highest BCUT2D eigenvalue weighted by Crippen LogP contribution is 2.30. The van der Waals surface area contributed by atoms with Crippen molar-refractivity contribution in [1.29, 1.82) is 0 Å². The highest BCUT2D eigenvalue weighted by molar-refractivity contribution is 7.08. The fourth-order valence-corrected chi connectivity index (χ4v) is 3.74. The number of amides is 1. The summed E-state index contributed by atoms with van der Waals surface area (Å²) in [5.74, 6) is 0.116. The summed E-state index contributed by atoms with van der Waals surface area (Å²) in [6.07, 6.45) is 0. The molecule has 6 heteroatoms. The van der Waals surface area contributed by atoms with E-state index in [-0.39, 0.29) is 11.9 Å². The van der Waals surface area contributed by atoms with Gasteiger partial charge in [-0.15, -0.1) is 5.10 Å². The zero-order chi connectivity index (χ0) is 16.8. The Hall–Kier alpha value is -2.47. The van der Waals surface area contributed by atoms with E-state index in [1.165, 1.54) is 0 Å². The highest BCUT2D eigenvalue weighted by Gasteiger charge is 2.29. The first-order valence-electron chi connectivity index (χ1n) is 7.95. The zero-order valence-electron chi connectivity index (χ0n) is 13.9. The molecule has 0 saturated heterocycles. The lowest BCUT2D eigenvalue weighted by Crippen LogP contribution is -2.30. The van der Waals surface area contributed by atoms with Crippen molar-refractivity contribution in [2.45, 2.75) is 33.4 Å². The average molecular weight is 338 g/mol. The van der Waals surface area contributed by atoms with Gasteiger partial charge in [0.1, 0.15) is 5.69 Å². The van der Waals surface area contributed by atoms with Gasteiger partial charge in [-0.05, 0) is 49.9 Å². The van der Waals surface area contributed by atoms with Crippen LogP contribution in [0, 0.1) is 6.92 Å². The van der Waals surface area contributed by atoms with Crippen LogP contribution < -0.4 is 0 Å². The van der Waals surface area contributed by atoms with Crippen LogP contribution in [0.15, 0.2) is 35.0 Å². The predicted octanol–water partition coefficient (Wildman–Crippen LogP) is 3.67. The Bertz CT molecular complexity index is 911. The molecular formula is C18H18N4OS. The molecule has 1 amide bonds. The molecule has 0 saturated carbocycles. The Morgan fingerprint density at radius 2 is 2.08 bits per heavy atom. The maximum absolute atomic E-state index is 12.4. The molecule has 0 spiro atoms. The van der Waals surface area contributed by atoms with Crippen molar-refractivity contribution in [1.82, 2.24) is 19.9 Å². The summed E-state index contributed by atoms with van der Waals surface area (Å²) in [5.41, 5.74) is 5.76. The van der Waals surface area contributed by atoms with Crippen LogP contribution in [0.25, 0.3) is 16.9 Å². The Morgan fingerprint density at radius 1 is 1.25 bits per heavy atom. The van der Waals surface area contributed by atoms with Crippen LogP contribution in [0.1, 0.15) is 35.5 Å². The first-order chi connectivity index (χ1) is 11.6. The Kier molecular flexibility index (Phi) is 3.49. The predicted molar refractivity (Wildman–Crippen MR) is 94.4 cm³/mol. The second-order valence-electron chi connectivity index (χ2n) is 6.32. The maximum Gasteiger partial charge on any atom is 0.254 e. The van der Waals surface area contributed by atoms with Crippen molar-refractivity contribution in [3.05, 3.63) is 51.8 Å². The smallest absolute Gasteiger partial charge is 0.254 e. The molecule has 122 valence electrons. The minimum Gasteiger partial charge on any atom is -0.332 e. The molecule has 2 aromatic heterocycles. The Morgan fingerprint density at radius 3 is 2.79 bits per heavy atom. The summed E-state index contributed by atoms with van der Waals surface area (Å²) < 4.78 is 1.85. The number of carbonyl (C=O) groups excluding carboxylic acids is 1. The van der Waals surface area contributed by atoms with Gasteiger partial charge in [-0.1, -0.05) is 11.3 Å². The molecule has 0 aliphatic carbocycles. The van der Waals surface area contributed by atoms with Gasteiger partial charge in [0.2, 0.25) is 0 Å². The van der Waals surface area contributed by atoms with Crippen molar-refractivity contribution in [2.75, 3.05) is 0 Å². The molecule has 5 nitrogen and oxygen atoms in total. The molecule has 0 bridgehead atoms. The molecule has 3 aromatic rings. The fraction of sp³-hybridized carbons (Fsp3) is 0.278. The summed E-state index contributed by atoms with van der Waals surface area (Å²) in [5, 5.41) is 12.7. The first-order valence-corrected chi connectivity index (χ1v) is 8.89. The first kappa shape index (κ1) is 15.1. The van der Waals surface area contributed by atoms with Gasteiger partial charge in [-0.2, -0.15) is 11.3 Å². The molecule has 1 aliphatic heterocycles. The third-order valence-electron chi connectivity index (χ3n) is 4.48. The molecule has 0 unspecified atom stereocenters. The SMILES string of the molecule is Cc1c(-c2ccc3c(c2)CN(C(C)C)C3=O)nnn1-c1ccsc1. The van der Waals surface area contributed by atoms with Gasteiger partial charge in [0, 0.05) is 29.1 Å². The van der Waals surface area contributed by atoms with E-state index in [0.29, 0.717) is 6.54 Å². The highest BCUT2D eigenvalue weighted by atomic mass is 32.1. The molecule has 0 N–H and O–H groups in total. The van der Waals surface area contributed by atoms with Crippen LogP contribution in [0.3, 0.4) is 0 Å². The lowest BCUT2D eigenvalue weighted by molar-refractivity contribution is 0.0730. The van der Waals surface area contributed by atoms with Gasteiger partial charge in [0.15, 0.2) is 0 Å². The van der Waals surface area contributed by atoms with Crippen LogP contribution >= 0.6 is 11.3 Å². The quantitative estimate of drug-likeness (QED) is 0.732. The van der Waals surface area contributed by atoms with Crippen molar-refractivity contribution in [2.24, 2.45) is 0 Å². The van der Waals surface area contributed by atoms with E-state index in [9.17, 15) is 4.79 Å². The van der Waals surface area contributed by atoms with Crippen molar-refractivity contribution < 1.29 is 4.79 Å². The van der Waals surface area contributed by atoms with Crippen LogP contribution in [0.4, 0.5) is 0 Å². The number of aromatic nitrogens is 3. The topological polar surface area (TPSA) is 51.0 Å². The number of nitrogens with zero attached hydrogens (tertiary/aromatic N) is 4. The minimum absolute atomic E-state index is 0.116. The van der Waals surface area contributed by atoms with E-state index in [2.05, 4.69) is 16.4 Å². The van der Waals surface area contributed by atoms with E-state index < -0.39 is 0 Å². The van der Waals surface area contributed by atoms with Crippen LogP contribution in [0.5, 0.6) is 0 Å². The zero-order valence-corrected chi connectivity index (χ0v) is 14.7. The lowest BCUT2D eigenvalue weighted by Gasteiger charge is -2.19. The molecule has 3 heterocycles. The number of rotatable bonds is 3. The van der Waals surface area contributed by atoms with E-state index in [4.69, 9.17) is 0 Å². The van der Waals surface area contributed by atoms with Crippen molar-refractivity contribution >= 4 is 17.2 Å². The molecule has 1 aliphatic rings. The summed E-state index contributed by atoms with van der Waals surface area (Å²) in [4.78, 5) is 14.3. The van der Waals surface area contributed by atoms with Gasteiger partial charge in [0.25, 0.3) is 5.91 Å². The van der Waals surface area contributed by atoms with Crippen molar-refractivity contribution in [3.63, 3.8) is 0 Å². The van der Waals surface area contributed by atoms with Gasteiger partial charge in [0.05, 0.1) is 11.4 Å². The van der Waals surface area contributed by atoms with Crippen LogP contribution in [0.2, 0.25) is 0 Å². The molecule has 4 rings (SSSR count). The number of hydrogen-bond donors (Lipinski definition) is 0. The molecule has 0 fully saturated rings. The Labute approximate surface area is 144 Å². The Balaban J connectivity index is 1.73. The van der Waals surface area contributed by atoms with E-state index in [0.717, 1.165) is 33.8 Å². The summed E-state index contributed by atoms with van der Waals surface area (Å²) in [6.45, 7) is 6.77. The van der Waals surface area contributed by atoms with E-state index in [1.807, 2.05) is 59.3 Å². The molecule has 0 radical (unpaired) electrons. The number of hydrogen-bond acceptors (Lipinski definition) is 4. The standard InChI is InChI=1S/C18H18N4OS/c1-11(2)21-9-14-8-13(4-5-16(14)18(21)23)17-12(3)22(20-19-17)15-6-7-24-10-15/h4-8,10-11H,9H2,1-3H3. The van der Waals surface area contributed by atoms with Gasteiger partial charge in [-0.3, -0.25) is 4.79 Å². The maximum atomic E-state index is 12.4. The van der Waals surface area contributed by atoms with E-state index in [1.54, 1.807) is 11.3 Å². The van der Waals surface area contributed by atoms with Gasteiger partial charge >= 0.3 is 0 Å². The second-order valence-corrected chi connectivity index (χ2v) is 7.10. The average Bonchev–Trinajstić information content (AvgIpc) is 3.26.